The van der Waals surface area contributed by atoms with Crippen LogP contribution in [0.15, 0.2) is 203 Å². The van der Waals surface area contributed by atoms with Crippen LogP contribution >= 0.6 is 22.7 Å². The Bertz CT molecular complexity index is 3510. The molecule has 0 aliphatic heterocycles. The Hall–Kier alpha value is -7.24. The maximum absolute atomic E-state index is 6.80. The molecule has 0 N–H and O–H groups in total. The second-order valence-electron chi connectivity index (χ2n) is 17.0. The fourth-order valence-electron chi connectivity index (χ4n) is 11.8. The van der Waals surface area contributed by atoms with Crippen molar-refractivity contribution in [2.75, 3.05) is 0 Å². The molecule has 0 amide bonds. The molecule has 4 heteroatoms. The molecular formula is C58H32O2S2. The third kappa shape index (κ3) is 3.88. The number of fused-ring (bicyclic) bond motifs is 22. The van der Waals surface area contributed by atoms with Crippen LogP contribution in [-0.4, -0.2) is 0 Å². The van der Waals surface area contributed by atoms with E-state index >= 15 is 0 Å². The quantitative estimate of drug-likeness (QED) is 0.174. The molecule has 8 aromatic carbocycles. The smallest absolute Gasteiger partial charge is 0.144 e. The van der Waals surface area contributed by atoms with Crippen molar-refractivity contribution >= 4 is 66.6 Å². The highest BCUT2D eigenvalue weighted by Gasteiger charge is 2.61. The fraction of sp³-hybridized carbons (Fsp3) is 0.0345. The molecular weight excluding hydrogens is 793 g/mol. The summed E-state index contributed by atoms with van der Waals surface area (Å²) in [7, 11) is 0. The summed E-state index contributed by atoms with van der Waals surface area (Å²) in [5.41, 5.74) is 18.0. The first-order valence-corrected chi connectivity index (χ1v) is 22.9. The van der Waals surface area contributed by atoms with Gasteiger partial charge in [-0.25, -0.2) is 0 Å². The largest absolute Gasteiger partial charge is 0.455 e. The summed E-state index contributed by atoms with van der Waals surface area (Å²) < 4.78 is 13.6. The van der Waals surface area contributed by atoms with E-state index in [0.717, 1.165) is 55.0 Å². The number of rotatable bonds is 2. The molecule has 0 saturated heterocycles. The van der Waals surface area contributed by atoms with E-state index in [1.165, 1.54) is 75.1 Å². The van der Waals surface area contributed by atoms with Gasteiger partial charge in [0.2, 0.25) is 0 Å². The van der Waals surface area contributed by atoms with Crippen molar-refractivity contribution < 1.29 is 8.83 Å². The lowest BCUT2D eigenvalue weighted by atomic mass is 9.58. The Morgan fingerprint density at radius 1 is 0.290 bits per heavy atom. The van der Waals surface area contributed by atoms with Gasteiger partial charge < -0.3 is 8.83 Å². The summed E-state index contributed by atoms with van der Waals surface area (Å²) in [6.07, 6.45) is 0. The summed E-state index contributed by atoms with van der Waals surface area (Å²) >= 11 is 3.89. The van der Waals surface area contributed by atoms with Crippen molar-refractivity contribution in [1.29, 1.82) is 0 Å². The molecule has 2 nitrogen and oxygen atoms in total. The highest BCUT2D eigenvalue weighted by molar-refractivity contribution is 7.17. The van der Waals surface area contributed by atoms with E-state index < -0.39 is 10.8 Å². The van der Waals surface area contributed by atoms with Crippen molar-refractivity contribution in [2.24, 2.45) is 0 Å². The van der Waals surface area contributed by atoms with E-state index in [4.69, 9.17) is 8.83 Å². The first-order valence-electron chi connectivity index (χ1n) is 21.2. The minimum Gasteiger partial charge on any atom is -0.455 e. The number of thiophene rings is 2. The van der Waals surface area contributed by atoms with E-state index in [1.54, 1.807) is 0 Å². The number of hydrogen-bond donors (Lipinski definition) is 0. The number of hydrogen-bond acceptors (Lipinski definition) is 4. The van der Waals surface area contributed by atoms with Gasteiger partial charge in [-0.3, -0.25) is 0 Å². The lowest BCUT2D eigenvalue weighted by Crippen LogP contribution is -2.41. The third-order valence-corrected chi connectivity index (χ3v) is 16.8. The summed E-state index contributed by atoms with van der Waals surface area (Å²) in [5.74, 6) is 0. The van der Waals surface area contributed by atoms with Gasteiger partial charge in [0, 0.05) is 52.2 Å². The zero-order valence-electron chi connectivity index (χ0n) is 33.1. The molecule has 3 aliphatic carbocycles. The van der Waals surface area contributed by atoms with Gasteiger partial charge in [0.15, 0.2) is 0 Å². The average Bonchev–Trinajstić information content (AvgIpc) is 4.19. The SMILES string of the molecule is c1ccc2c(c1)-c1ccccc1C21c2cc(-c3cccc4c3oc3ccccc34)sc2C2(c3ccccc3-c3ccccc32)c2cc(-c3cccc4c3oc3ccccc34)sc21. The lowest BCUT2D eigenvalue weighted by molar-refractivity contribution is 0.662. The Balaban J connectivity index is 1.13. The van der Waals surface area contributed by atoms with E-state index in [2.05, 4.69) is 194 Å². The summed E-state index contributed by atoms with van der Waals surface area (Å²) in [6.45, 7) is 0. The minimum absolute atomic E-state index is 0.587. The molecule has 15 rings (SSSR count). The van der Waals surface area contributed by atoms with Crippen LogP contribution in [-0.2, 0) is 10.8 Å². The molecule has 3 aliphatic rings. The van der Waals surface area contributed by atoms with Crippen molar-refractivity contribution in [3.05, 3.63) is 237 Å². The van der Waals surface area contributed by atoms with Crippen molar-refractivity contribution in [3.63, 3.8) is 0 Å². The van der Waals surface area contributed by atoms with E-state index in [0.29, 0.717) is 0 Å². The second kappa shape index (κ2) is 11.8. The Morgan fingerprint density at radius 3 is 1.02 bits per heavy atom. The number of benzene rings is 8. The zero-order valence-corrected chi connectivity index (χ0v) is 34.7. The topological polar surface area (TPSA) is 26.3 Å². The maximum atomic E-state index is 6.80. The first kappa shape index (κ1) is 33.5. The highest BCUT2D eigenvalue weighted by Crippen LogP contribution is 2.71. The monoisotopic (exact) mass is 824 g/mol. The van der Waals surface area contributed by atoms with Crippen LogP contribution in [0.5, 0.6) is 0 Å². The molecule has 4 aromatic heterocycles. The van der Waals surface area contributed by atoms with E-state index in [9.17, 15) is 0 Å². The maximum Gasteiger partial charge on any atom is 0.144 e. The normalized spacial score (nSPS) is 14.7. The molecule has 62 heavy (non-hydrogen) atoms. The standard InChI is InChI=1S/C58H32O2S2/c1-7-25-43-33(15-1)34-16-2-8-26-44(34)57(43)47-31-51(41-23-13-21-39-37-19-5-11-29-49(37)59-53(39)41)62-56(47)58(45-27-9-3-17-35(45)36-18-4-10-28-46(36)58)48-32-52(61-55(48)57)42-24-14-22-40-38-20-6-12-30-50(38)60-54(40)42/h1-32H. The van der Waals surface area contributed by atoms with Gasteiger partial charge in [0.05, 0.1) is 10.8 Å². The van der Waals surface area contributed by atoms with Gasteiger partial charge in [-0.2, -0.15) is 0 Å². The second-order valence-corrected chi connectivity index (χ2v) is 19.1. The summed E-state index contributed by atoms with van der Waals surface area (Å²) in [6, 6.07) is 72.0. The van der Waals surface area contributed by atoms with Crippen molar-refractivity contribution in [1.82, 2.24) is 0 Å². The number of furan rings is 2. The van der Waals surface area contributed by atoms with Crippen LogP contribution in [0.2, 0.25) is 0 Å². The van der Waals surface area contributed by atoms with Crippen LogP contribution in [0.3, 0.4) is 0 Å². The zero-order chi connectivity index (χ0) is 40.3. The lowest BCUT2D eigenvalue weighted by Gasteiger charge is -2.45. The highest BCUT2D eigenvalue weighted by atomic mass is 32.1. The molecule has 0 saturated carbocycles. The van der Waals surface area contributed by atoms with Gasteiger partial charge in [-0.05, 0) is 92.0 Å². The van der Waals surface area contributed by atoms with Crippen LogP contribution in [0, 0.1) is 0 Å². The van der Waals surface area contributed by atoms with Crippen LogP contribution in [0.4, 0.5) is 0 Å². The molecule has 0 bridgehead atoms. The average molecular weight is 825 g/mol. The Kier molecular flexibility index (Phi) is 6.35. The van der Waals surface area contributed by atoms with Crippen molar-refractivity contribution in [2.45, 2.75) is 10.8 Å². The molecule has 288 valence electrons. The molecule has 0 fully saturated rings. The summed E-state index contributed by atoms with van der Waals surface area (Å²) in [4.78, 5) is 5.15. The van der Waals surface area contributed by atoms with Crippen LogP contribution in [0.25, 0.3) is 87.0 Å². The third-order valence-electron chi connectivity index (χ3n) is 14.2. The molecule has 2 spiro atoms. The van der Waals surface area contributed by atoms with Crippen molar-refractivity contribution in [3.8, 4) is 43.1 Å². The molecule has 0 radical (unpaired) electrons. The Labute approximate surface area is 364 Å². The number of para-hydroxylation sites is 4. The van der Waals surface area contributed by atoms with E-state index in [-0.39, 0.29) is 0 Å². The molecule has 12 aromatic rings. The molecule has 4 heterocycles. The fourth-order valence-corrected chi connectivity index (χ4v) is 14.8. The predicted octanol–water partition coefficient (Wildman–Crippen LogP) is 16.0. The summed E-state index contributed by atoms with van der Waals surface area (Å²) in [5, 5.41) is 4.58. The molecule has 0 atom stereocenters. The first-order chi connectivity index (χ1) is 30.7. The van der Waals surface area contributed by atoms with Gasteiger partial charge >= 0.3 is 0 Å². The van der Waals surface area contributed by atoms with Gasteiger partial charge in [0.1, 0.15) is 22.3 Å². The van der Waals surface area contributed by atoms with E-state index in [1.807, 2.05) is 22.7 Å². The van der Waals surface area contributed by atoms with Crippen LogP contribution < -0.4 is 0 Å². The predicted molar refractivity (Wildman–Crippen MR) is 256 cm³/mol. The van der Waals surface area contributed by atoms with Crippen LogP contribution in [0.1, 0.15) is 43.1 Å². The van der Waals surface area contributed by atoms with Gasteiger partial charge in [-0.1, -0.05) is 158 Å². The minimum atomic E-state index is -0.587. The van der Waals surface area contributed by atoms with Gasteiger partial charge in [-0.15, -0.1) is 22.7 Å². The molecule has 0 unspecified atom stereocenters. The van der Waals surface area contributed by atoms with Gasteiger partial charge in [0.25, 0.3) is 0 Å². The Morgan fingerprint density at radius 2 is 0.613 bits per heavy atom.